The first kappa shape index (κ1) is 23.8. The van der Waals surface area contributed by atoms with Crippen LogP contribution in [0.2, 0.25) is 0 Å². The first-order valence-electron chi connectivity index (χ1n) is 13.0. The largest absolute Gasteiger partial charge is 0.357 e. The van der Waals surface area contributed by atoms with Gasteiger partial charge in [0.05, 0.1) is 33.7 Å². The van der Waals surface area contributed by atoms with Crippen LogP contribution in [-0.4, -0.2) is 25.1 Å². The molecule has 5 heterocycles. The van der Waals surface area contributed by atoms with E-state index in [2.05, 4.69) is 75.5 Å². The molecule has 0 unspecified atom stereocenters. The summed E-state index contributed by atoms with van der Waals surface area (Å²) in [4.78, 5) is 13.4. The molecule has 0 radical (unpaired) electrons. The molecule has 0 saturated heterocycles. The van der Waals surface area contributed by atoms with Crippen molar-refractivity contribution in [2.75, 3.05) is 5.32 Å². The van der Waals surface area contributed by atoms with Crippen molar-refractivity contribution in [3.05, 3.63) is 83.5 Å². The monoisotopic (exact) mass is 534 g/mol. The Morgan fingerprint density at radius 3 is 2.54 bits per heavy atom. The molecule has 0 amide bonds. The fourth-order valence-corrected chi connectivity index (χ4v) is 5.89. The Hall–Kier alpha value is -4.30. The molecule has 0 atom stereocenters. The van der Waals surface area contributed by atoms with E-state index >= 15 is 0 Å². The standard InChI is InChI=1S/C31H27FN6S/c1-31(2,3)30(17-4-5-17)35-20-12-19(15-33-16-20)18-6-7-24-21(13-18)28(38-37-24)25-14-22-23(36-25)10-11-34-29(22)26-8-9-27(32)39-26/h6-16,35-36H,4-5H2,1-3H3,(H,37,38). The Morgan fingerprint density at radius 2 is 1.77 bits per heavy atom. The lowest BCUT2D eigenvalue weighted by Crippen LogP contribution is -2.17. The Bertz CT molecular complexity index is 1900. The Morgan fingerprint density at radius 1 is 0.923 bits per heavy atom. The fourth-order valence-electron chi connectivity index (χ4n) is 5.15. The molecule has 194 valence electrons. The second kappa shape index (κ2) is 8.88. The minimum Gasteiger partial charge on any atom is -0.357 e. The lowest BCUT2D eigenvalue weighted by Gasteiger charge is -2.25. The summed E-state index contributed by atoms with van der Waals surface area (Å²) in [5.41, 5.74) is 10.3. The molecule has 1 saturated carbocycles. The van der Waals surface area contributed by atoms with Crippen molar-refractivity contribution in [1.29, 1.82) is 0 Å². The SMILES string of the molecule is CC(C)(C)C(Nc1cncc(-c2ccc3[nH]nc(-c4cc5c(-c6ccc(F)s6)nccc5[nH]4)c3c2)c1)=C1CC1. The van der Waals surface area contributed by atoms with Crippen molar-refractivity contribution in [3.8, 4) is 33.1 Å². The Balaban J connectivity index is 1.27. The van der Waals surface area contributed by atoms with Gasteiger partial charge in [-0.25, -0.2) is 0 Å². The molecule has 0 spiro atoms. The average Bonchev–Trinajstić information content (AvgIpc) is 3.30. The van der Waals surface area contributed by atoms with Gasteiger partial charge in [0.2, 0.25) is 0 Å². The molecular formula is C31H27FN6S. The van der Waals surface area contributed by atoms with Crippen molar-refractivity contribution in [2.45, 2.75) is 33.6 Å². The van der Waals surface area contributed by atoms with Gasteiger partial charge in [-0.1, -0.05) is 26.8 Å². The Kier molecular flexibility index (Phi) is 5.42. The molecule has 6 aromatic rings. The van der Waals surface area contributed by atoms with Gasteiger partial charge in [0, 0.05) is 45.4 Å². The van der Waals surface area contributed by atoms with E-state index in [0.717, 1.165) is 71.9 Å². The van der Waals surface area contributed by atoms with Gasteiger partial charge in [-0.2, -0.15) is 9.49 Å². The van der Waals surface area contributed by atoms with Crippen LogP contribution in [0.25, 0.3) is 54.9 Å². The molecule has 39 heavy (non-hydrogen) atoms. The van der Waals surface area contributed by atoms with Crippen molar-refractivity contribution < 1.29 is 4.39 Å². The van der Waals surface area contributed by atoms with E-state index in [4.69, 9.17) is 0 Å². The predicted molar refractivity (Wildman–Crippen MR) is 157 cm³/mol. The van der Waals surface area contributed by atoms with Crippen LogP contribution >= 0.6 is 11.3 Å². The van der Waals surface area contributed by atoms with E-state index in [9.17, 15) is 4.39 Å². The number of nitrogens with zero attached hydrogens (tertiary/aromatic N) is 3. The number of rotatable bonds is 5. The van der Waals surface area contributed by atoms with Crippen LogP contribution < -0.4 is 5.32 Å². The molecule has 0 bridgehead atoms. The number of benzene rings is 1. The molecular weight excluding hydrogens is 507 g/mol. The van der Waals surface area contributed by atoms with E-state index < -0.39 is 0 Å². The van der Waals surface area contributed by atoms with Gasteiger partial charge >= 0.3 is 0 Å². The molecule has 1 aromatic carbocycles. The van der Waals surface area contributed by atoms with Crippen LogP contribution in [0, 0.1) is 10.5 Å². The molecule has 0 aliphatic heterocycles. The predicted octanol–water partition coefficient (Wildman–Crippen LogP) is 8.54. The maximum absolute atomic E-state index is 13.7. The second-order valence-electron chi connectivity index (χ2n) is 11.1. The van der Waals surface area contributed by atoms with Gasteiger partial charge in [0.15, 0.2) is 5.13 Å². The maximum atomic E-state index is 13.7. The van der Waals surface area contributed by atoms with Gasteiger partial charge in [-0.3, -0.25) is 15.1 Å². The number of H-pyrrole nitrogens is 2. The molecule has 5 aromatic heterocycles. The summed E-state index contributed by atoms with van der Waals surface area (Å²) in [6.07, 6.45) is 7.86. The number of halogens is 1. The molecule has 7 rings (SSSR count). The summed E-state index contributed by atoms with van der Waals surface area (Å²) in [6, 6.07) is 15.7. The highest BCUT2D eigenvalue weighted by Crippen LogP contribution is 2.41. The van der Waals surface area contributed by atoms with E-state index in [1.165, 1.54) is 30.2 Å². The normalized spacial score (nSPS) is 13.4. The molecule has 3 N–H and O–H groups in total. The smallest absolute Gasteiger partial charge is 0.177 e. The van der Waals surface area contributed by atoms with E-state index in [-0.39, 0.29) is 10.5 Å². The number of fused-ring (bicyclic) bond motifs is 2. The van der Waals surface area contributed by atoms with E-state index in [1.54, 1.807) is 12.3 Å². The third-order valence-electron chi connectivity index (χ3n) is 7.12. The molecule has 1 fully saturated rings. The number of hydrogen-bond donors (Lipinski definition) is 3. The summed E-state index contributed by atoms with van der Waals surface area (Å²) >= 11 is 1.10. The number of allylic oxidation sites excluding steroid dienone is 2. The summed E-state index contributed by atoms with van der Waals surface area (Å²) in [6.45, 7) is 6.73. The van der Waals surface area contributed by atoms with Crippen LogP contribution in [0.5, 0.6) is 0 Å². The summed E-state index contributed by atoms with van der Waals surface area (Å²) in [5.74, 6) is 0. The van der Waals surface area contributed by atoms with Crippen LogP contribution in [0.1, 0.15) is 33.6 Å². The first-order valence-corrected chi connectivity index (χ1v) is 13.8. The van der Waals surface area contributed by atoms with E-state index in [0.29, 0.717) is 0 Å². The van der Waals surface area contributed by atoms with Crippen LogP contribution in [0.15, 0.2) is 78.4 Å². The van der Waals surface area contributed by atoms with Gasteiger partial charge in [0.25, 0.3) is 0 Å². The summed E-state index contributed by atoms with van der Waals surface area (Å²) < 4.78 is 13.7. The maximum Gasteiger partial charge on any atom is 0.177 e. The fraction of sp³-hybridized carbons (Fsp3) is 0.194. The van der Waals surface area contributed by atoms with Gasteiger partial charge in [-0.15, -0.1) is 11.3 Å². The number of anilines is 1. The number of aromatic nitrogens is 5. The number of pyridine rings is 2. The van der Waals surface area contributed by atoms with Crippen LogP contribution in [0.4, 0.5) is 10.1 Å². The highest BCUT2D eigenvalue weighted by molar-refractivity contribution is 7.13. The van der Waals surface area contributed by atoms with Crippen molar-refractivity contribution in [2.24, 2.45) is 5.41 Å². The number of aromatic amines is 2. The summed E-state index contributed by atoms with van der Waals surface area (Å²) in [5, 5.41) is 13.2. The van der Waals surface area contributed by atoms with Gasteiger partial charge in [-0.05, 0) is 66.4 Å². The number of thiophene rings is 1. The first-order chi connectivity index (χ1) is 18.8. The van der Waals surface area contributed by atoms with Crippen molar-refractivity contribution in [3.63, 3.8) is 0 Å². The lowest BCUT2D eigenvalue weighted by atomic mass is 9.91. The van der Waals surface area contributed by atoms with Crippen LogP contribution in [0.3, 0.4) is 0 Å². The van der Waals surface area contributed by atoms with Crippen molar-refractivity contribution in [1.82, 2.24) is 25.1 Å². The zero-order valence-corrected chi connectivity index (χ0v) is 22.7. The third kappa shape index (κ3) is 4.40. The topological polar surface area (TPSA) is 82.3 Å². The number of nitrogens with one attached hydrogen (secondary N) is 3. The van der Waals surface area contributed by atoms with Gasteiger partial charge in [0.1, 0.15) is 5.69 Å². The average molecular weight is 535 g/mol. The molecule has 1 aliphatic rings. The highest BCUT2D eigenvalue weighted by Gasteiger charge is 2.27. The molecule has 6 nitrogen and oxygen atoms in total. The lowest BCUT2D eigenvalue weighted by molar-refractivity contribution is 0.505. The highest BCUT2D eigenvalue weighted by atomic mass is 32.1. The minimum atomic E-state index is -0.224. The molecule has 1 aliphatic carbocycles. The van der Waals surface area contributed by atoms with E-state index in [1.807, 2.05) is 24.5 Å². The Labute approximate surface area is 229 Å². The second-order valence-corrected chi connectivity index (χ2v) is 12.1. The van der Waals surface area contributed by atoms with Gasteiger partial charge < -0.3 is 10.3 Å². The zero-order valence-electron chi connectivity index (χ0n) is 21.9. The van der Waals surface area contributed by atoms with Crippen molar-refractivity contribution >= 4 is 38.8 Å². The third-order valence-corrected chi connectivity index (χ3v) is 8.00. The zero-order chi connectivity index (χ0) is 26.7. The number of hydrogen-bond acceptors (Lipinski definition) is 5. The van der Waals surface area contributed by atoms with Crippen LogP contribution in [-0.2, 0) is 0 Å². The quantitative estimate of drug-likeness (QED) is 0.207. The molecule has 8 heteroatoms. The summed E-state index contributed by atoms with van der Waals surface area (Å²) in [7, 11) is 0. The minimum absolute atomic E-state index is 0.0546.